The maximum absolute atomic E-state index is 6.27. The summed E-state index contributed by atoms with van der Waals surface area (Å²) in [5.41, 5.74) is 1.25. The van der Waals surface area contributed by atoms with Crippen LogP contribution in [0.5, 0.6) is 11.5 Å². The summed E-state index contributed by atoms with van der Waals surface area (Å²) in [5.74, 6) is 2.06. The van der Waals surface area contributed by atoms with Gasteiger partial charge in [-0.05, 0) is 37.3 Å². The SMILES string of the molecule is CCCCCCOc1c(CC)cc(OCCCCCCCCBr)c2ccccc12. The van der Waals surface area contributed by atoms with E-state index in [1.807, 2.05) is 0 Å². The lowest BCUT2D eigenvalue weighted by molar-refractivity contribution is 0.299. The van der Waals surface area contributed by atoms with Gasteiger partial charge in [0.15, 0.2) is 0 Å². The number of ether oxygens (including phenoxy) is 2. The van der Waals surface area contributed by atoms with Crippen LogP contribution in [0.4, 0.5) is 0 Å². The van der Waals surface area contributed by atoms with Crippen LogP contribution >= 0.6 is 15.9 Å². The Hall–Kier alpha value is -1.22. The van der Waals surface area contributed by atoms with Gasteiger partial charge in [-0.2, -0.15) is 0 Å². The highest BCUT2D eigenvalue weighted by molar-refractivity contribution is 9.09. The van der Waals surface area contributed by atoms with E-state index in [0.29, 0.717) is 0 Å². The third-order valence-corrected chi connectivity index (χ3v) is 6.01. The Bertz CT molecular complexity index is 698. The number of halogens is 1. The summed E-state index contributed by atoms with van der Waals surface area (Å²) < 4.78 is 12.5. The standard InChI is InChI=1S/C26H39BrO2/c1-3-5-6-14-20-29-26-22(4-2)21-25(23-16-11-12-17-24(23)26)28-19-15-10-8-7-9-13-18-27/h11-12,16-17,21H,3-10,13-15,18-20H2,1-2H3. The van der Waals surface area contributed by atoms with Crippen LogP contribution < -0.4 is 9.47 Å². The molecule has 3 heteroatoms. The van der Waals surface area contributed by atoms with Crippen LogP contribution in [0, 0.1) is 0 Å². The smallest absolute Gasteiger partial charge is 0.130 e. The average Bonchev–Trinajstić information content (AvgIpc) is 2.76. The van der Waals surface area contributed by atoms with Crippen LogP contribution in [0.2, 0.25) is 0 Å². The van der Waals surface area contributed by atoms with E-state index in [0.717, 1.165) is 49.3 Å². The van der Waals surface area contributed by atoms with Crippen molar-refractivity contribution in [2.75, 3.05) is 18.5 Å². The minimum absolute atomic E-state index is 0.794. The summed E-state index contributed by atoms with van der Waals surface area (Å²) in [7, 11) is 0. The zero-order valence-electron chi connectivity index (χ0n) is 18.5. The number of aryl methyl sites for hydroxylation is 1. The van der Waals surface area contributed by atoms with Crippen LogP contribution in [0.25, 0.3) is 10.8 Å². The maximum atomic E-state index is 6.27. The summed E-state index contributed by atoms with van der Waals surface area (Å²) in [6.45, 7) is 6.03. The van der Waals surface area contributed by atoms with E-state index >= 15 is 0 Å². The second-order valence-corrected chi connectivity index (χ2v) is 8.62. The van der Waals surface area contributed by atoms with Gasteiger partial charge in [-0.3, -0.25) is 0 Å². The molecular formula is C26H39BrO2. The molecule has 2 aromatic carbocycles. The molecule has 0 fully saturated rings. The van der Waals surface area contributed by atoms with E-state index in [4.69, 9.17) is 9.47 Å². The second-order valence-electron chi connectivity index (χ2n) is 7.83. The molecule has 0 aliphatic carbocycles. The quantitative estimate of drug-likeness (QED) is 0.184. The van der Waals surface area contributed by atoms with Crippen LogP contribution in [0.3, 0.4) is 0 Å². The highest BCUT2D eigenvalue weighted by Crippen LogP contribution is 2.37. The van der Waals surface area contributed by atoms with Gasteiger partial charge in [0.2, 0.25) is 0 Å². The molecule has 162 valence electrons. The molecule has 0 heterocycles. The molecule has 0 N–H and O–H groups in total. The van der Waals surface area contributed by atoms with Crippen molar-refractivity contribution in [3.8, 4) is 11.5 Å². The van der Waals surface area contributed by atoms with Crippen molar-refractivity contribution in [2.24, 2.45) is 0 Å². The van der Waals surface area contributed by atoms with Gasteiger partial charge in [0.25, 0.3) is 0 Å². The third-order valence-electron chi connectivity index (χ3n) is 5.44. The number of unbranched alkanes of at least 4 members (excludes halogenated alkanes) is 8. The average molecular weight is 464 g/mol. The number of alkyl halides is 1. The molecular weight excluding hydrogens is 424 g/mol. The Morgan fingerprint density at radius 3 is 2.03 bits per heavy atom. The number of benzene rings is 2. The number of rotatable bonds is 16. The molecule has 2 aromatic rings. The molecule has 0 saturated heterocycles. The van der Waals surface area contributed by atoms with Crippen molar-refractivity contribution in [2.45, 2.75) is 84.5 Å². The van der Waals surface area contributed by atoms with Crippen LogP contribution in [0.15, 0.2) is 30.3 Å². The highest BCUT2D eigenvalue weighted by Gasteiger charge is 2.13. The minimum atomic E-state index is 0.794. The van der Waals surface area contributed by atoms with Crippen LogP contribution in [0.1, 0.15) is 83.6 Å². The molecule has 0 saturated carbocycles. The second kappa shape index (κ2) is 14.7. The topological polar surface area (TPSA) is 18.5 Å². The van der Waals surface area contributed by atoms with Crippen molar-refractivity contribution >= 4 is 26.7 Å². The van der Waals surface area contributed by atoms with E-state index < -0.39 is 0 Å². The van der Waals surface area contributed by atoms with E-state index in [-0.39, 0.29) is 0 Å². The Kier molecular flexibility index (Phi) is 12.2. The molecule has 0 unspecified atom stereocenters. The predicted molar refractivity (Wildman–Crippen MR) is 130 cm³/mol. The third kappa shape index (κ3) is 8.20. The number of hydrogen-bond donors (Lipinski definition) is 0. The molecule has 0 aliphatic rings. The van der Waals surface area contributed by atoms with Crippen LogP contribution in [-0.2, 0) is 6.42 Å². The van der Waals surface area contributed by atoms with Crippen molar-refractivity contribution in [3.05, 3.63) is 35.9 Å². The van der Waals surface area contributed by atoms with E-state index in [2.05, 4.69) is 60.1 Å². The summed E-state index contributed by atoms with van der Waals surface area (Å²) in [6.07, 6.45) is 13.5. The number of fused-ring (bicyclic) bond motifs is 1. The molecule has 0 amide bonds. The predicted octanol–water partition coefficient (Wildman–Crippen LogP) is 8.48. The van der Waals surface area contributed by atoms with Crippen molar-refractivity contribution in [1.82, 2.24) is 0 Å². The molecule has 0 radical (unpaired) electrons. The Labute approximate surface area is 186 Å². The molecule has 2 rings (SSSR count). The minimum Gasteiger partial charge on any atom is -0.493 e. The molecule has 0 atom stereocenters. The van der Waals surface area contributed by atoms with E-state index in [9.17, 15) is 0 Å². The lowest BCUT2D eigenvalue weighted by Gasteiger charge is -2.17. The summed E-state index contributed by atoms with van der Waals surface area (Å²) in [5, 5.41) is 3.49. The van der Waals surface area contributed by atoms with Crippen molar-refractivity contribution < 1.29 is 9.47 Å². The first-order chi connectivity index (χ1) is 14.3. The number of hydrogen-bond acceptors (Lipinski definition) is 2. The molecule has 2 nitrogen and oxygen atoms in total. The largest absolute Gasteiger partial charge is 0.493 e. The summed E-state index contributed by atoms with van der Waals surface area (Å²) in [4.78, 5) is 0. The fraction of sp³-hybridized carbons (Fsp3) is 0.615. The Morgan fingerprint density at radius 1 is 0.724 bits per heavy atom. The fourth-order valence-electron chi connectivity index (χ4n) is 3.71. The van der Waals surface area contributed by atoms with Crippen LogP contribution in [-0.4, -0.2) is 18.5 Å². The van der Waals surface area contributed by atoms with Crippen molar-refractivity contribution in [1.29, 1.82) is 0 Å². The van der Waals surface area contributed by atoms with Gasteiger partial charge in [0.05, 0.1) is 13.2 Å². The van der Waals surface area contributed by atoms with Gasteiger partial charge in [0.1, 0.15) is 11.5 Å². The van der Waals surface area contributed by atoms with Gasteiger partial charge in [0, 0.05) is 16.1 Å². The van der Waals surface area contributed by atoms with E-state index in [1.165, 1.54) is 67.7 Å². The zero-order valence-corrected chi connectivity index (χ0v) is 20.1. The van der Waals surface area contributed by atoms with Gasteiger partial charge in [-0.15, -0.1) is 0 Å². The highest BCUT2D eigenvalue weighted by atomic mass is 79.9. The first-order valence-corrected chi connectivity index (χ1v) is 12.8. The van der Waals surface area contributed by atoms with E-state index in [1.54, 1.807) is 0 Å². The molecule has 0 spiro atoms. The molecule has 0 aromatic heterocycles. The summed E-state index contributed by atoms with van der Waals surface area (Å²) >= 11 is 3.50. The van der Waals surface area contributed by atoms with Gasteiger partial charge in [-0.25, -0.2) is 0 Å². The summed E-state index contributed by atoms with van der Waals surface area (Å²) in [6, 6.07) is 10.7. The Balaban J connectivity index is 1.97. The maximum Gasteiger partial charge on any atom is 0.130 e. The zero-order chi connectivity index (χ0) is 20.7. The first kappa shape index (κ1) is 24.1. The van der Waals surface area contributed by atoms with Gasteiger partial charge >= 0.3 is 0 Å². The molecule has 0 bridgehead atoms. The molecule has 0 aliphatic heterocycles. The van der Waals surface area contributed by atoms with Gasteiger partial charge in [-0.1, -0.05) is 99.0 Å². The normalized spacial score (nSPS) is 11.1. The monoisotopic (exact) mass is 462 g/mol. The fourth-order valence-corrected chi connectivity index (χ4v) is 4.11. The lowest BCUT2D eigenvalue weighted by Crippen LogP contribution is -2.03. The Morgan fingerprint density at radius 2 is 1.34 bits per heavy atom. The first-order valence-electron chi connectivity index (χ1n) is 11.7. The lowest BCUT2D eigenvalue weighted by atomic mass is 10.0. The molecule has 29 heavy (non-hydrogen) atoms. The van der Waals surface area contributed by atoms with Crippen molar-refractivity contribution in [3.63, 3.8) is 0 Å². The van der Waals surface area contributed by atoms with Gasteiger partial charge < -0.3 is 9.47 Å².